The number of aromatic nitrogens is 1. The van der Waals surface area contributed by atoms with Crippen molar-refractivity contribution in [2.45, 2.75) is 6.92 Å². The third kappa shape index (κ3) is 3.69. The van der Waals surface area contributed by atoms with Crippen molar-refractivity contribution < 1.29 is 4.79 Å². The van der Waals surface area contributed by atoms with Crippen LogP contribution >= 0.6 is 0 Å². The highest BCUT2D eigenvalue weighted by Crippen LogP contribution is 2.23. The smallest absolute Gasteiger partial charge is 0.188 e. The van der Waals surface area contributed by atoms with Gasteiger partial charge in [0.15, 0.2) is 5.78 Å². The van der Waals surface area contributed by atoms with Gasteiger partial charge in [0.1, 0.15) is 0 Å². The Morgan fingerprint density at radius 1 is 0.893 bits per heavy atom. The Morgan fingerprint density at radius 3 is 2.46 bits per heavy atom. The molecule has 4 rings (SSSR count). The number of carbonyl (C=O) groups is 1. The Bertz CT molecular complexity index is 1180. The van der Waals surface area contributed by atoms with Crippen molar-refractivity contribution in [2.75, 3.05) is 0 Å². The molecule has 0 unspecified atom stereocenters. The van der Waals surface area contributed by atoms with Crippen LogP contribution in [0.3, 0.4) is 0 Å². The highest BCUT2D eigenvalue weighted by Gasteiger charge is 2.09. The Balaban J connectivity index is 1.64. The summed E-state index contributed by atoms with van der Waals surface area (Å²) < 4.78 is 0. The number of fused-ring (bicyclic) bond motifs is 1. The van der Waals surface area contributed by atoms with E-state index in [1.54, 1.807) is 6.08 Å². The second-order valence-corrected chi connectivity index (χ2v) is 6.59. The van der Waals surface area contributed by atoms with Gasteiger partial charge in [0.25, 0.3) is 0 Å². The molecule has 0 saturated carbocycles. The number of rotatable bonds is 5. The van der Waals surface area contributed by atoms with Gasteiger partial charge in [0.2, 0.25) is 0 Å². The molecule has 0 spiro atoms. The Morgan fingerprint density at radius 2 is 1.61 bits per heavy atom. The molecule has 3 nitrogen and oxygen atoms in total. The molecule has 0 bridgehead atoms. The molecule has 136 valence electrons. The lowest BCUT2D eigenvalue weighted by atomic mass is 10.1. The number of aromatic amines is 1. The molecule has 3 heteroatoms. The molecule has 0 radical (unpaired) electrons. The summed E-state index contributed by atoms with van der Waals surface area (Å²) in [6.45, 7) is 2.03. The topological polar surface area (TPSA) is 45.2 Å². The zero-order chi connectivity index (χ0) is 19.3. The molecule has 0 aliphatic carbocycles. The number of hydrogen-bond donors (Lipinski definition) is 1. The largest absolute Gasteiger partial charge is 0.358 e. The fraction of sp³-hybridized carbons (Fsp3) is 0.0400. The van der Waals surface area contributed by atoms with E-state index in [2.05, 4.69) is 16.0 Å². The highest BCUT2D eigenvalue weighted by molar-refractivity contribution is 6.10. The Kier molecular flexibility index (Phi) is 4.98. The van der Waals surface area contributed by atoms with Crippen molar-refractivity contribution in [1.29, 1.82) is 0 Å². The first-order chi connectivity index (χ1) is 13.7. The van der Waals surface area contributed by atoms with Gasteiger partial charge in [-0.05, 0) is 36.8 Å². The number of carbonyl (C=O) groups excluding carboxylic acids is 1. The third-order valence-corrected chi connectivity index (χ3v) is 4.67. The van der Waals surface area contributed by atoms with E-state index in [0.717, 1.165) is 27.7 Å². The van der Waals surface area contributed by atoms with E-state index in [4.69, 9.17) is 0 Å². The highest BCUT2D eigenvalue weighted by atomic mass is 16.1. The predicted octanol–water partition coefficient (Wildman–Crippen LogP) is 6.12. The van der Waals surface area contributed by atoms with Gasteiger partial charge in [0.05, 0.1) is 5.69 Å². The Hall–Kier alpha value is -3.72. The van der Waals surface area contributed by atoms with E-state index >= 15 is 0 Å². The minimum absolute atomic E-state index is 0.0627. The zero-order valence-electron chi connectivity index (χ0n) is 15.6. The van der Waals surface area contributed by atoms with E-state index in [9.17, 15) is 4.79 Å². The SMILES string of the molecule is Cc1[nH]c2ccccc2c1C=Nc1ccccc1C(=O)/C=C/c1ccccc1. The Labute approximate surface area is 164 Å². The van der Waals surface area contributed by atoms with Crippen LogP contribution < -0.4 is 0 Å². The van der Waals surface area contributed by atoms with Crippen LogP contribution in [0.5, 0.6) is 0 Å². The van der Waals surface area contributed by atoms with Crippen LogP contribution in [0.4, 0.5) is 5.69 Å². The number of aliphatic imine (C=N–C) groups is 1. The molecule has 0 aliphatic heterocycles. The molecule has 0 atom stereocenters. The summed E-state index contributed by atoms with van der Waals surface area (Å²) in [4.78, 5) is 20.7. The number of nitrogens with one attached hydrogen (secondary N) is 1. The number of ketones is 1. The predicted molar refractivity (Wildman–Crippen MR) is 117 cm³/mol. The summed E-state index contributed by atoms with van der Waals surface area (Å²) in [6, 6.07) is 25.4. The maximum Gasteiger partial charge on any atom is 0.188 e. The minimum atomic E-state index is -0.0627. The van der Waals surface area contributed by atoms with Gasteiger partial charge in [-0.2, -0.15) is 0 Å². The van der Waals surface area contributed by atoms with Gasteiger partial charge in [-0.3, -0.25) is 9.79 Å². The zero-order valence-corrected chi connectivity index (χ0v) is 15.6. The van der Waals surface area contributed by atoms with Gasteiger partial charge in [0, 0.05) is 33.9 Å². The number of benzene rings is 3. The van der Waals surface area contributed by atoms with Gasteiger partial charge < -0.3 is 4.98 Å². The van der Waals surface area contributed by atoms with Gasteiger partial charge in [-0.1, -0.05) is 66.7 Å². The maximum absolute atomic E-state index is 12.7. The third-order valence-electron chi connectivity index (χ3n) is 4.67. The first-order valence-electron chi connectivity index (χ1n) is 9.20. The first kappa shape index (κ1) is 17.7. The van der Waals surface area contributed by atoms with Crippen LogP contribution in [0, 0.1) is 6.92 Å². The number of nitrogens with zero attached hydrogens (tertiary/aromatic N) is 1. The van der Waals surface area contributed by atoms with Crippen molar-refractivity contribution in [3.05, 3.63) is 107 Å². The molecule has 0 fully saturated rings. The van der Waals surface area contributed by atoms with Crippen LogP contribution in [0.25, 0.3) is 17.0 Å². The van der Waals surface area contributed by atoms with Crippen LogP contribution in [0.15, 0.2) is 89.9 Å². The van der Waals surface area contributed by atoms with Crippen LogP contribution in [-0.2, 0) is 0 Å². The summed E-state index contributed by atoms with van der Waals surface area (Å²) >= 11 is 0. The van der Waals surface area contributed by atoms with Crippen LogP contribution in [-0.4, -0.2) is 17.0 Å². The lowest BCUT2D eigenvalue weighted by Crippen LogP contribution is -1.95. The van der Waals surface area contributed by atoms with Gasteiger partial charge >= 0.3 is 0 Å². The second kappa shape index (κ2) is 7.89. The summed E-state index contributed by atoms with van der Waals surface area (Å²) in [7, 11) is 0. The maximum atomic E-state index is 12.7. The molecule has 1 heterocycles. The van der Waals surface area contributed by atoms with E-state index in [-0.39, 0.29) is 5.78 Å². The summed E-state index contributed by atoms with van der Waals surface area (Å²) in [5.74, 6) is -0.0627. The molecule has 28 heavy (non-hydrogen) atoms. The number of H-pyrrole nitrogens is 1. The van der Waals surface area contributed by atoms with Gasteiger partial charge in [-0.15, -0.1) is 0 Å². The average molecular weight is 364 g/mol. The summed E-state index contributed by atoms with van der Waals surface area (Å²) in [5.41, 5.74) is 5.41. The molecule has 4 aromatic rings. The second-order valence-electron chi connectivity index (χ2n) is 6.59. The summed E-state index contributed by atoms with van der Waals surface area (Å²) in [6.07, 6.45) is 5.26. The quantitative estimate of drug-likeness (QED) is 0.259. The molecule has 0 aliphatic rings. The average Bonchev–Trinajstić information content (AvgIpc) is 3.06. The van der Waals surface area contributed by atoms with Crippen molar-refractivity contribution in [1.82, 2.24) is 4.98 Å². The van der Waals surface area contributed by atoms with Crippen LogP contribution in [0.2, 0.25) is 0 Å². The van der Waals surface area contributed by atoms with Crippen molar-refractivity contribution in [2.24, 2.45) is 4.99 Å². The number of allylic oxidation sites excluding steroid dienone is 1. The summed E-state index contributed by atoms with van der Waals surface area (Å²) in [5, 5.41) is 1.12. The normalized spacial score (nSPS) is 11.6. The first-order valence-corrected chi connectivity index (χ1v) is 9.20. The van der Waals surface area contributed by atoms with Crippen molar-refractivity contribution >= 4 is 34.7 Å². The van der Waals surface area contributed by atoms with E-state index in [1.807, 2.05) is 92.0 Å². The van der Waals surface area contributed by atoms with Crippen molar-refractivity contribution in [3.63, 3.8) is 0 Å². The van der Waals surface area contributed by atoms with Crippen molar-refractivity contribution in [3.8, 4) is 0 Å². The number of hydrogen-bond acceptors (Lipinski definition) is 2. The van der Waals surface area contributed by atoms with E-state index in [1.165, 1.54) is 0 Å². The molecular formula is C25H20N2O. The van der Waals surface area contributed by atoms with E-state index < -0.39 is 0 Å². The standard InChI is InChI=1S/C25H20N2O/c1-18-22(20-11-5-8-14-24(20)27-18)17-26-23-13-7-6-12-21(23)25(28)16-15-19-9-3-2-4-10-19/h2-17,27H,1H3/b16-15+,26-17?. The lowest BCUT2D eigenvalue weighted by molar-refractivity contribution is 0.104. The lowest BCUT2D eigenvalue weighted by Gasteiger charge is -2.02. The molecule has 3 aromatic carbocycles. The monoisotopic (exact) mass is 364 g/mol. The molecular weight excluding hydrogens is 344 g/mol. The number of aryl methyl sites for hydroxylation is 1. The molecule has 0 saturated heterocycles. The fourth-order valence-electron chi connectivity index (χ4n) is 3.22. The molecule has 1 aromatic heterocycles. The fourth-order valence-corrected chi connectivity index (χ4v) is 3.22. The minimum Gasteiger partial charge on any atom is -0.358 e. The molecule has 0 amide bonds. The van der Waals surface area contributed by atoms with Crippen LogP contribution in [0.1, 0.15) is 27.2 Å². The number of para-hydroxylation sites is 2. The van der Waals surface area contributed by atoms with E-state index in [0.29, 0.717) is 11.3 Å². The molecule has 1 N–H and O–H groups in total. The van der Waals surface area contributed by atoms with Gasteiger partial charge in [-0.25, -0.2) is 0 Å².